The Morgan fingerprint density at radius 1 is 1.21 bits per heavy atom. The molecule has 1 aromatic heterocycles. The van der Waals surface area contributed by atoms with Crippen molar-refractivity contribution in [2.75, 3.05) is 5.88 Å². The number of hydrogen-bond donors (Lipinski definition) is 0. The smallest absolute Gasteiger partial charge is 0.123 e. The molecule has 0 aliphatic carbocycles. The number of fused-ring (bicyclic) bond motifs is 1. The molecule has 0 aliphatic rings. The lowest BCUT2D eigenvalue weighted by Crippen LogP contribution is -1.91. The summed E-state index contributed by atoms with van der Waals surface area (Å²) in [5, 5.41) is 0.823. The van der Waals surface area contributed by atoms with Crippen molar-refractivity contribution in [2.24, 2.45) is 0 Å². The van der Waals surface area contributed by atoms with Crippen molar-refractivity contribution in [3.05, 3.63) is 41.8 Å². The van der Waals surface area contributed by atoms with Gasteiger partial charge in [0.25, 0.3) is 0 Å². The van der Waals surface area contributed by atoms with E-state index < -0.39 is 0 Å². The summed E-state index contributed by atoms with van der Waals surface area (Å²) in [7, 11) is 0. The fourth-order valence-corrected chi connectivity index (χ4v) is 1.57. The van der Waals surface area contributed by atoms with Crippen LogP contribution in [0.4, 0.5) is 4.39 Å². The summed E-state index contributed by atoms with van der Waals surface area (Å²) >= 11 is 5.61. The molecule has 0 saturated heterocycles. The number of hydrogen-bond acceptors (Lipinski definition) is 1. The van der Waals surface area contributed by atoms with E-state index in [9.17, 15) is 4.39 Å². The first kappa shape index (κ1) is 9.41. The standard InChI is InChI=1S/C11H9ClFN/c12-6-5-10-3-1-8-7-9(13)2-4-11(8)14-10/h1-4,7H,5-6H2. The quantitative estimate of drug-likeness (QED) is 0.693. The van der Waals surface area contributed by atoms with Crippen LogP contribution >= 0.6 is 11.6 Å². The monoisotopic (exact) mass is 209 g/mol. The van der Waals surface area contributed by atoms with Crippen LogP contribution in [0, 0.1) is 5.82 Å². The molecular weight excluding hydrogens is 201 g/mol. The van der Waals surface area contributed by atoms with Gasteiger partial charge in [0.15, 0.2) is 0 Å². The third kappa shape index (κ3) is 1.85. The molecule has 0 spiro atoms. The van der Waals surface area contributed by atoms with Gasteiger partial charge in [-0.2, -0.15) is 0 Å². The van der Waals surface area contributed by atoms with Crippen molar-refractivity contribution < 1.29 is 4.39 Å². The Morgan fingerprint density at radius 2 is 2.07 bits per heavy atom. The van der Waals surface area contributed by atoms with Crippen LogP contribution in [0.25, 0.3) is 10.9 Å². The fourth-order valence-electron chi connectivity index (χ4n) is 1.37. The molecule has 0 saturated carbocycles. The Hall–Kier alpha value is -1.15. The molecule has 0 N–H and O–H groups in total. The summed E-state index contributed by atoms with van der Waals surface area (Å²) in [4.78, 5) is 4.35. The molecule has 72 valence electrons. The van der Waals surface area contributed by atoms with Crippen LogP contribution in [0.2, 0.25) is 0 Å². The maximum absolute atomic E-state index is 12.8. The van der Waals surface area contributed by atoms with Gasteiger partial charge >= 0.3 is 0 Å². The molecule has 1 aromatic carbocycles. The number of rotatable bonds is 2. The van der Waals surface area contributed by atoms with Crippen molar-refractivity contribution >= 4 is 22.5 Å². The van der Waals surface area contributed by atoms with Gasteiger partial charge in [0, 0.05) is 23.4 Å². The van der Waals surface area contributed by atoms with Crippen LogP contribution in [0.1, 0.15) is 5.69 Å². The average Bonchev–Trinajstić information content (AvgIpc) is 2.19. The zero-order valence-electron chi connectivity index (χ0n) is 7.50. The SMILES string of the molecule is Fc1ccc2nc(CCCl)ccc2c1. The average molecular weight is 210 g/mol. The van der Waals surface area contributed by atoms with E-state index in [2.05, 4.69) is 4.98 Å². The van der Waals surface area contributed by atoms with Crippen molar-refractivity contribution in [2.45, 2.75) is 6.42 Å². The van der Waals surface area contributed by atoms with Crippen molar-refractivity contribution in [1.82, 2.24) is 4.98 Å². The number of halogens is 2. The molecule has 14 heavy (non-hydrogen) atoms. The predicted octanol–water partition coefficient (Wildman–Crippen LogP) is 3.16. The van der Waals surface area contributed by atoms with Crippen LogP contribution in [0.15, 0.2) is 30.3 Å². The van der Waals surface area contributed by atoms with Crippen molar-refractivity contribution in [1.29, 1.82) is 0 Å². The van der Waals surface area contributed by atoms with Crippen molar-refractivity contribution in [3.8, 4) is 0 Å². The highest BCUT2D eigenvalue weighted by Crippen LogP contribution is 2.14. The number of alkyl halides is 1. The van der Waals surface area contributed by atoms with Gasteiger partial charge in [0.05, 0.1) is 5.52 Å². The lowest BCUT2D eigenvalue weighted by Gasteiger charge is -2.00. The second-order valence-electron chi connectivity index (χ2n) is 3.08. The zero-order valence-corrected chi connectivity index (χ0v) is 8.26. The van der Waals surface area contributed by atoms with E-state index in [0.717, 1.165) is 23.0 Å². The third-order valence-corrected chi connectivity index (χ3v) is 2.25. The fraction of sp³-hybridized carbons (Fsp3) is 0.182. The lowest BCUT2D eigenvalue weighted by molar-refractivity contribution is 0.629. The maximum Gasteiger partial charge on any atom is 0.123 e. The Morgan fingerprint density at radius 3 is 2.86 bits per heavy atom. The summed E-state index contributed by atoms with van der Waals surface area (Å²) in [6.07, 6.45) is 0.745. The summed E-state index contributed by atoms with van der Waals surface area (Å²) in [5.41, 5.74) is 1.76. The van der Waals surface area contributed by atoms with E-state index >= 15 is 0 Å². The van der Waals surface area contributed by atoms with Gasteiger partial charge in [-0.1, -0.05) is 6.07 Å². The maximum atomic E-state index is 12.8. The third-order valence-electron chi connectivity index (χ3n) is 2.06. The van der Waals surface area contributed by atoms with Gasteiger partial charge in [-0.25, -0.2) is 4.39 Å². The molecule has 1 heterocycles. The second-order valence-corrected chi connectivity index (χ2v) is 3.46. The lowest BCUT2D eigenvalue weighted by atomic mass is 10.2. The van der Waals surface area contributed by atoms with Gasteiger partial charge in [-0.3, -0.25) is 4.98 Å². The van der Waals surface area contributed by atoms with Gasteiger partial charge < -0.3 is 0 Å². The highest BCUT2D eigenvalue weighted by atomic mass is 35.5. The van der Waals surface area contributed by atoms with Gasteiger partial charge in [0.1, 0.15) is 5.82 Å². The number of aromatic nitrogens is 1. The normalized spacial score (nSPS) is 10.7. The van der Waals surface area contributed by atoms with Crippen LogP contribution < -0.4 is 0 Å². The highest BCUT2D eigenvalue weighted by molar-refractivity contribution is 6.17. The first-order valence-corrected chi connectivity index (χ1v) is 4.94. The van der Waals surface area contributed by atoms with E-state index in [0.29, 0.717) is 5.88 Å². The molecule has 0 atom stereocenters. The zero-order chi connectivity index (χ0) is 9.97. The minimum absolute atomic E-state index is 0.232. The predicted molar refractivity (Wildman–Crippen MR) is 56.1 cm³/mol. The van der Waals surface area contributed by atoms with Crippen LogP contribution in [0.5, 0.6) is 0 Å². The Labute approximate surface area is 86.5 Å². The van der Waals surface area contributed by atoms with E-state index in [1.54, 1.807) is 6.07 Å². The van der Waals surface area contributed by atoms with Gasteiger partial charge in [-0.15, -0.1) is 11.6 Å². The second kappa shape index (κ2) is 3.93. The Bertz CT molecular complexity index is 456. The van der Waals surface area contributed by atoms with Crippen LogP contribution in [-0.4, -0.2) is 10.9 Å². The van der Waals surface area contributed by atoms with Gasteiger partial charge in [0.2, 0.25) is 0 Å². The number of aryl methyl sites for hydroxylation is 1. The Kier molecular flexibility index (Phi) is 2.64. The molecule has 0 amide bonds. The van der Waals surface area contributed by atoms with Crippen LogP contribution in [0.3, 0.4) is 0 Å². The molecule has 0 unspecified atom stereocenters. The van der Waals surface area contributed by atoms with Gasteiger partial charge in [-0.05, 0) is 24.3 Å². The molecule has 0 fully saturated rings. The summed E-state index contributed by atoms with van der Waals surface area (Å²) in [5.74, 6) is 0.323. The molecule has 0 aliphatic heterocycles. The van der Waals surface area contributed by atoms with Crippen molar-refractivity contribution in [3.63, 3.8) is 0 Å². The molecule has 1 nitrogen and oxygen atoms in total. The van der Waals surface area contributed by atoms with E-state index in [-0.39, 0.29) is 5.82 Å². The minimum Gasteiger partial charge on any atom is -0.253 e. The molecule has 2 rings (SSSR count). The molecule has 0 radical (unpaired) electrons. The minimum atomic E-state index is -0.232. The highest BCUT2D eigenvalue weighted by Gasteiger charge is 1.99. The van der Waals surface area contributed by atoms with E-state index in [1.807, 2.05) is 12.1 Å². The first-order valence-electron chi connectivity index (χ1n) is 4.41. The largest absolute Gasteiger partial charge is 0.253 e. The number of nitrogens with zero attached hydrogens (tertiary/aromatic N) is 1. The molecule has 0 bridgehead atoms. The number of benzene rings is 1. The number of pyridine rings is 1. The summed E-state index contributed by atoms with van der Waals surface area (Å²) < 4.78 is 12.8. The summed E-state index contributed by atoms with van der Waals surface area (Å²) in [6.45, 7) is 0. The van der Waals surface area contributed by atoms with E-state index in [4.69, 9.17) is 11.6 Å². The van der Waals surface area contributed by atoms with E-state index in [1.165, 1.54) is 12.1 Å². The molecule has 3 heteroatoms. The molecular formula is C11H9ClFN. The molecule has 2 aromatic rings. The summed E-state index contributed by atoms with van der Waals surface area (Å²) in [6, 6.07) is 8.33. The van der Waals surface area contributed by atoms with Crippen LogP contribution in [-0.2, 0) is 6.42 Å². The topological polar surface area (TPSA) is 12.9 Å². The Balaban J connectivity index is 2.50. The first-order chi connectivity index (χ1) is 6.79.